The normalized spacial score (nSPS) is 23.2. The first kappa shape index (κ1) is 48.1. The molecule has 1 heterocycles. The van der Waals surface area contributed by atoms with Gasteiger partial charge < -0.3 is 50.5 Å². The zero-order chi connectivity index (χ0) is 37.7. The lowest BCUT2D eigenvalue weighted by Crippen LogP contribution is -2.60. The first-order chi connectivity index (χ1) is 24.7. The highest BCUT2D eigenvalue weighted by atomic mass is 16.7. The van der Waals surface area contributed by atoms with Crippen LogP contribution in [0.3, 0.4) is 0 Å². The van der Waals surface area contributed by atoms with Crippen molar-refractivity contribution in [3.05, 3.63) is 0 Å². The molecule has 9 atom stereocenters. The molecule has 0 bridgehead atoms. The molecule has 1 aliphatic heterocycles. The summed E-state index contributed by atoms with van der Waals surface area (Å²) in [5, 5.41) is 75.3. The minimum absolute atomic E-state index is 0.265. The maximum Gasteiger partial charge on any atom is 0.249 e. The third-order valence-electron chi connectivity index (χ3n) is 10.4. The molecule has 1 amide bonds. The molecule has 0 radical (unpaired) electrons. The minimum Gasteiger partial charge on any atom is -0.394 e. The van der Waals surface area contributed by atoms with Crippen molar-refractivity contribution in [1.82, 2.24) is 5.32 Å². The molecule has 51 heavy (non-hydrogen) atoms. The topological polar surface area (TPSA) is 189 Å². The summed E-state index contributed by atoms with van der Waals surface area (Å²) in [5.74, 6) is -0.697. The fourth-order valence-corrected chi connectivity index (χ4v) is 6.85. The Bertz CT molecular complexity index is 805. The highest BCUT2D eigenvalue weighted by Gasteiger charge is 2.44. The van der Waals surface area contributed by atoms with Crippen molar-refractivity contribution in [1.29, 1.82) is 0 Å². The quantitative estimate of drug-likeness (QED) is 0.0390. The zero-order valence-corrected chi connectivity index (χ0v) is 32.4. The van der Waals surface area contributed by atoms with Crippen molar-refractivity contribution in [2.75, 3.05) is 13.2 Å². The summed E-state index contributed by atoms with van der Waals surface area (Å²) in [4.78, 5) is 13.0. The Labute approximate surface area is 309 Å². The maximum atomic E-state index is 13.0. The summed E-state index contributed by atoms with van der Waals surface area (Å²) < 4.78 is 11.0. The number of unbranched alkanes of at least 4 members (excludes halogenated alkanes) is 22. The van der Waals surface area contributed by atoms with Gasteiger partial charge >= 0.3 is 0 Å². The van der Waals surface area contributed by atoms with E-state index in [1.165, 1.54) is 103 Å². The number of ether oxygens (including phenoxy) is 2. The van der Waals surface area contributed by atoms with Crippen LogP contribution in [0.25, 0.3) is 0 Å². The summed E-state index contributed by atoms with van der Waals surface area (Å²) in [6, 6.07) is -1.16. The Morgan fingerprint density at radius 1 is 0.608 bits per heavy atom. The van der Waals surface area contributed by atoms with Gasteiger partial charge in [-0.2, -0.15) is 0 Å². The summed E-state index contributed by atoms with van der Waals surface area (Å²) >= 11 is 0. The average molecular weight is 734 g/mol. The monoisotopic (exact) mass is 734 g/mol. The van der Waals surface area contributed by atoms with E-state index in [9.17, 15) is 40.5 Å². The molecule has 1 saturated heterocycles. The first-order valence-electron chi connectivity index (χ1n) is 20.9. The number of amides is 1. The Kier molecular flexibility index (Phi) is 29.7. The van der Waals surface area contributed by atoms with E-state index in [1.807, 2.05) is 0 Å². The van der Waals surface area contributed by atoms with Crippen LogP contribution in [0, 0.1) is 0 Å². The fourth-order valence-electron chi connectivity index (χ4n) is 6.85. The molecule has 1 aliphatic rings. The van der Waals surface area contributed by atoms with Crippen LogP contribution in [0.4, 0.5) is 0 Å². The molecule has 1 rings (SSSR count). The van der Waals surface area contributed by atoms with Crippen LogP contribution >= 0.6 is 0 Å². The van der Waals surface area contributed by atoms with Gasteiger partial charge in [-0.25, -0.2) is 0 Å². The van der Waals surface area contributed by atoms with E-state index < -0.39 is 74.2 Å². The van der Waals surface area contributed by atoms with E-state index in [1.54, 1.807) is 0 Å². The van der Waals surface area contributed by atoms with Gasteiger partial charge in [0.25, 0.3) is 0 Å². The second-order valence-electron chi connectivity index (χ2n) is 15.1. The molecular weight excluding hydrogens is 654 g/mol. The van der Waals surface area contributed by atoms with Crippen molar-refractivity contribution >= 4 is 5.91 Å². The van der Waals surface area contributed by atoms with Crippen LogP contribution in [-0.4, -0.2) is 110 Å². The van der Waals surface area contributed by atoms with Crippen LogP contribution in [0.2, 0.25) is 0 Å². The number of nitrogens with one attached hydrogen (secondary N) is 1. The van der Waals surface area contributed by atoms with Crippen LogP contribution in [0.15, 0.2) is 0 Å². The van der Waals surface area contributed by atoms with E-state index in [0.29, 0.717) is 19.3 Å². The Hall–Kier alpha value is -0.890. The molecule has 8 N–H and O–H groups in total. The van der Waals surface area contributed by atoms with Gasteiger partial charge in [0.15, 0.2) is 6.29 Å². The molecule has 0 aromatic heterocycles. The summed E-state index contributed by atoms with van der Waals surface area (Å²) in [7, 11) is 0. The highest BCUT2D eigenvalue weighted by Crippen LogP contribution is 2.23. The van der Waals surface area contributed by atoms with Crippen LogP contribution in [0.5, 0.6) is 0 Å². The predicted octanol–water partition coefficient (Wildman–Crippen LogP) is 5.55. The van der Waals surface area contributed by atoms with Gasteiger partial charge in [0.1, 0.15) is 36.6 Å². The Morgan fingerprint density at radius 3 is 1.45 bits per heavy atom. The molecule has 1 fully saturated rings. The third kappa shape index (κ3) is 22.2. The van der Waals surface area contributed by atoms with E-state index in [0.717, 1.165) is 38.5 Å². The predicted molar refractivity (Wildman–Crippen MR) is 201 cm³/mol. The molecular formula is C40H79NO10. The van der Waals surface area contributed by atoms with Gasteiger partial charge in [-0.3, -0.25) is 4.79 Å². The van der Waals surface area contributed by atoms with Gasteiger partial charge in [-0.1, -0.05) is 168 Å². The van der Waals surface area contributed by atoms with Crippen molar-refractivity contribution < 1.29 is 50.0 Å². The molecule has 9 unspecified atom stereocenters. The third-order valence-corrected chi connectivity index (χ3v) is 10.4. The van der Waals surface area contributed by atoms with Gasteiger partial charge in [-0.05, 0) is 12.8 Å². The maximum absolute atomic E-state index is 13.0. The molecule has 0 spiro atoms. The number of aliphatic hydroxyl groups excluding tert-OH is 7. The van der Waals surface area contributed by atoms with Gasteiger partial charge in [-0.15, -0.1) is 0 Å². The van der Waals surface area contributed by atoms with E-state index >= 15 is 0 Å². The molecule has 0 aromatic rings. The SMILES string of the molecule is CCCCCCCCCCCCCCC(O)C(=O)NC(COC1OC(CO)C(O)C(O)C1O)C(O)C(O)CCCCCCCCCCCCCC. The molecule has 11 nitrogen and oxygen atoms in total. The van der Waals surface area contributed by atoms with E-state index in [-0.39, 0.29) is 6.42 Å². The van der Waals surface area contributed by atoms with Crippen molar-refractivity contribution in [3.63, 3.8) is 0 Å². The largest absolute Gasteiger partial charge is 0.394 e. The second kappa shape index (κ2) is 31.5. The zero-order valence-electron chi connectivity index (χ0n) is 32.4. The molecule has 0 saturated carbocycles. The smallest absolute Gasteiger partial charge is 0.249 e. The van der Waals surface area contributed by atoms with Crippen molar-refractivity contribution in [2.45, 2.75) is 236 Å². The Balaban J connectivity index is 2.53. The first-order valence-corrected chi connectivity index (χ1v) is 20.9. The number of aliphatic hydroxyl groups is 7. The summed E-state index contributed by atoms with van der Waals surface area (Å²) in [6.07, 6.45) is 17.3. The van der Waals surface area contributed by atoms with Crippen molar-refractivity contribution in [2.24, 2.45) is 0 Å². The molecule has 304 valence electrons. The highest BCUT2D eigenvalue weighted by molar-refractivity contribution is 5.80. The van der Waals surface area contributed by atoms with Crippen LogP contribution in [0.1, 0.15) is 181 Å². The van der Waals surface area contributed by atoms with Gasteiger partial charge in [0.2, 0.25) is 5.91 Å². The lowest BCUT2D eigenvalue weighted by Gasteiger charge is -2.40. The summed E-state index contributed by atoms with van der Waals surface area (Å²) in [6.45, 7) is 3.41. The van der Waals surface area contributed by atoms with Gasteiger partial charge in [0.05, 0.1) is 25.4 Å². The lowest BCUT2D eigenvalue weighted by atomic mass is 9.98. The average Bonchev–Trinajstić information content (AvgIpc) is 3.13. The molecule has 0 aliphatic carbocycles. The van der Waals surface area contributed by atoms with Crippen molar-refractivity contribution in [3.8, 4) is 0 Å². The van der Waals surface area contributed by atoms with Gasteiger partial charge in [0, 0.05) is 0 Å². The minimum atomic E-state index is -1.65. The number of hydrogen-bond donors (Lipinski definition) is 8. The number of carbonyl (C=O) groups is 1. The van der Waals surface area contributed by atoms with Crippen LogP contribution in [-0.2, 0) is 14.3 Å². The van der Waals surface area contributed by atoms with E-state index in [4.69, 9.17) is 9.47 Å². The standard InChI is InChI=1S/C40H79NO10/c1-3-5-7-9-11-13-15-17-19-21-23-25-27-32(43)35(45)31(30-50-40-38(48)37(47)36(46)34(29-42)51-40)41-39(49)33(44)28-26-24-22-20-18-16-14-12-10-8-6-4-2/h31-38,40,42-48H,3-30H2,1-2H3,(H,41,49). The molecule has 0 aromatic carbocycles. The Morgan fingerprint density at radius 2 is 1.02 bits per heavy atom. The van der Waals surface area contributed by atoms with E-state index in [2.05, 4.69) is 19.2 Å². The lowest BCUT2D eigenvalue weighted by molar-refractivity contribution is -0.303. The fraction of sp³-hybridized carbons (Fsp3) is 0.975. The number of carbonyl (C=O) groups excluding carboxylic acids is 1. The number of rotatable bonds is 34. The van der Waals surface area contributed by atoms with Crippen LogP contribution < -0.4 is 5.32 Å². The summed E-state index contributed by atoms with van der Waals surface area (Å²) in [5.41, 5.74) is 0. The molecule has 11 heteroatoms. The second-order valence-corrected chi connectivity index (χ2v) is 15.1. The number of hydrogen-bond acceptors (Lipinski definition) is 10.